The Morgan fingerprint density at radius 2 is 1.95 bits per heavy atom. The molecule has 0 radical (unpaired) electrons. The van der Waals surface area contributed by atoms with Gasteiger partial charge in [0.25, 0.3) is 9.05 Å². The summed E-state index contributed by atoms with van der Waals surface area (Å²) in [5, 5.41) is 8.86. The van der Waals surface area contributed by atoms with Crippen molar-refractivity contribution in [1.82, 2.24) is 0 Å². The second kappa shape index (κ2) is 6.25. The number of benzene rings is 1. The number of aromatic carboxylic acids is 1. The highest BCUT2D eigenvalue weighted by Gasteiger charge is 2.21. The molecule has 106 valence electrons. The van der Waals surface area contributed by atoms with Gasteiger partial charge in [-0.05, 0) is 31.0 Å². The Bertz CT molecular complexity index is 563. The second-order valence-electron chi connectivity index (χ2n) is 3.96. The van der Waals surface area contributed by atoms with E-state index in [1.54, 1.807) is 0 Å². The molecule has 0 aliphatic carbocycles. The van der Waals surface area contributed by atoms with Crippen molar-refractivity contribution < 1.29 is 23.1 Å². The minimum atomic E-state index is -4.07. The Morgan fingerprint density at radius 1 is 1.37 bits per heavy atom. The zero-order valence-electron chi connectivity index (χ0n) is 10.6. The maximum absolute atomic E-state index is 11.5. The van der Waals surface area contributed by atoms with Crippen molar-refractivity contribution in [3.63, 3.8) is 0 Å². The van der Waals surface area contributed by atoms with Gasteiger partial charge < -0.3 is 9.84 Å². The van der Waals surface area contributed by atoms with Crippen LogP contribution < -0.4 is 4.74 Å². The van der Waals surface area contributed by atoms with Crippen LogP contribution in [0.25, 0.3) is 0 Å². The number of ether oxygens (including phenoxy) is 1. The standard InChI is InChI=1S/C12H15ClO5S/c1-3-9(4-2)18-10-6-5-8(12(14)15)7-11(10)19(13,16)17/h5-7,9H,3-4H2,1-2H3,(H,14,15). The Hall–Kier alpha value is -1.27. The first-order chi connectivity index (χ1) is 8.79. The third-order valence-corrected chi connectivity index (χ3v) is 4.00. The van der Waals surface area contributed by atoms with E-state index in [1.807, 2.05) is 13.8 Å². The molecule has 1 N–H and O–H groups in total. The molecular weight excluding hydrogens is 292 g/mol. The second-order valence-corrected chi connectivity index (χ2v) is 6.50. The van der Waals surface area contributed by atoms with Gasteiger partial charge in [0.2, 0.25) is 0 Å². The molecule has 5 nitrogen and oxygen atoms in total. The predicted molar refractivity (Wildman–Crippen MR) is 71.4 cm³/mol. The molecule has 1 aromatic rings. The SMILES string of the molecule is CCC(CC)Oc1ccc(C(=O)O)cc1S(=O)(=O)Cl. The van der Waals surface area contributed by atoms with Crippen molar-refractivity contribution in [3.8, 4) is 5.75 Å². The van der Waals surface area contributed by atoms with Crippen molar-refractivity contribution in [3.05, 3.63) is 23.8 Å². The fourth-order valence-electron chi connectivity index (χ4n) is 1.56. The van der Waals surface area contributed by atoms with Crippen molar-refractivity contribution in [1.29, 1.82) is 0 Å². The van der Waals surface area contributed by atoms with Crippen LogP contribution in [0.3, 0.4) is 0 Å². The lowest BCUT2D eigenvalue weighted by Gasteiger charge is -2.17. The molecule has 0 unspecified atom stereocenters. The van der Waals surface area contributed by atoms with Crippen molar-refractivity contribution in [2.24, 2.45) is 0 Å². The van der Waals surface area contributed by atoms with E-state index < -0.39 is 15.0 Å². The molecule has 0 heterocycles. The first kappa shape index (κ1) is 15.8. The summed E-state index contributed by atoms with van der Waals surface area (Å²) in [7, 11) is 1.24. The molecule has 0 saturated heterocycles. The molecule has 7 heteroatoms. The van der Waals surface area contributed by atoms with Gasteiger partial charge in [0, 0.05) is 10.7 Å². The number of halogens is 1. The minimum absolute atomic E-state index is 0.0775. The van der Waals surface area contributed by atoms with E-state index in [2.05, 4.69) is 0 Å². The molecule has 19 heavy (non-hydrogen) atoms. The number of carboxylic acid groups (broad SMARTS) is 1. The maximum atomic E-state index is 11.5. The van der Waals surface area contributed by atoms with E-state index in [1.165, 1.54) is 12.1 Å². The van der Waals surface area contributed by atoms with Gasteiger partial charge in [-0.15, -0.1) is 0 Å². The summed E-state index contributed by atoms with van der Waals surface area (Å²) in [5.41, 5.74) is -0.156. The molecule has 0 fully saturated rings. The smallest absolute Gasteiger partial charge is 0.335 e. The predicted octanol–water partition coefficient (Wildman–Crippen LogP) is 2.88. The van der Waals surface area contributed by atoms with Gasteiger partial charge in [-0.1, -0.05) is 13.8 Å². The van der Waals surface area contributed by atoms with Crippen LogP contribution in [0, 0.1) is 0 Å². The van der Waals surface area contributed by atoms with Gasteiger partial charge in [0.1, 0.15) is 10.6 Å². The van der Waals surface area contributed by atoms with Crippen LogP contribution in [0.5, 0.6) is 5.75 Å². The average Bonchev–Trinajstić information content (AvgIpc) is 2.34. The van der Waals surface area contributed by atoms with Gasteiger partial charge in [0.15, 0.2) is 0 Å². The van der Waals surface area contributed by atoms with Crippen molar-refractivity contribution in [2.45, 2.75) is 37.7 Å². The monoisotopic (exact) mass is 306 g/mol. The summed E-state index contributed by atoms with van der Waals surface area (Å²) < 4.78 is 28.5. The normalized spacial score (nSPS) is 11.6. The first-order valence-corrected chi connectivity index (χ1v) is 8.09. The highest BCUT2D eigenvalue weighted by molar-refractivity contribution is 8.13. The van der Waals surface area contributed by atoms with Gasteiger partial charge in [-0.3, -0.25) is 0 Å². The van der Waals surface area contributed by atoms with Crippen LogP contribution in [-0.2, 0) is 9.05 Å². The summed E-state index contributed by atoms with van der Waals surface area (Å²) in [4.78, 5) is 10.5. The Balaban J connectivity index is 3.28. The fraction of sp³-hybridized carbons (Fsp3) is 0.417. The highest BCUT2D eigenvalue weighted by atomic mass is 35.7. The molecule has 0 aliphatic rings. The molecule has 0 saturated carbocycles. The Labute approximate surface area is 116 Å². The lowest BCUT2D eigenvalue weighted by Crippen LogP contribution is -2.15. The lowest BCUT2D eigenvalue weighted by molar-refractivity contribution is 0.0696. The van der Waals surface area contributed by atoms with Crippen molar-refractivity contribution >= 4 is 25.7 Å². The summed E-state index contributed by atoms with van der Waals surface area (Å²) in [6, 6.07) is 3.60. The van der Waals surface area contributed by atoms with Crippen LogP contribution in [0.15, 0.2) is 23.1 Å². The Morgan fingerprint density at radius 3 is 2.37 bits per heavy atom. The summed E-state index contributed by atoms with van der Waals surface area (Å²) in [6.45, 7) is 3.82. The van der Waals surface area contributed by atoms with Gasteiger partial charge in [0.05, 0.1) is 11.7 Å². The van der Waals surface area contributed by atoms with E-state index in [0.29, 0.717) is 12.8 Å². The minimum Gasteiger partial charge on any atom is -0.489 e. The van der Waals surface area contributed by atoms with Crippen LogP contribution in [-0.4, -0.2) is 25.6 Å². The molecular formula is C12H15ClO5S. The molecule has 0 spiro atoms. The van der Waals surface area contributed by atoms with Crippen LogP contribution in [0.4, 0.5) is 0 Å². The molecule has 0 atom stereocenters. The van der Waals surface area contributed by atoms with Gasteiger partial charge in [-0.2, -0.15) is 0 Å². The average molecular weight is 307 g/mol. The third-order valence-electron chi connectivity index (χ3n) is 2.66. The van der Waals surface area contributed by atoms with Crippen LogP contribution in [0.2, 0.25) is 0 Å². The summed E-state index contributed by atoms with van der Waals surface area (Å²) in [6.07, 6.45) is 1.27. The highest BCUT2D eigenvalue weighted by Crippen LogP contribution is 2.29. The third kappa shape index (κ3) is 4.11. The summed E-state index contributed by atoms with van der Waals surface area (Å²) >= 11 is 0. The lowest BCUT2D eigenvalue weighted by atomic mass is 10.2. The number of hydrogen-bond acceptors (Lipinski definition) is 4. The molecule has 1 rings (SSSR count). The topological polar surface area (TPSA) is 80.7 Å². The van der Waals surface area contributed by atoms with Gasteiger partial charge >= 0.3 is 5.97 Å². The Kier molecular flexibility index (Phi) is 5.20. The van der Waals surface area contributed by atoms with E-state index in [9.17, 15) is 13.2 Å². The van der Waals surface area contributed by atoms with Gasteiger partial charge in [-0.25, -0.2) is 13.2 Å². The zero-order chi connectivity index (χ0) is 14.6. The number of hydrogen-bond donors (Lipinski definition) is 1. The van der Waals surface area contributed by atoms with E-state index in [-0.39, 0.29) is 22.3 Å². The molecule has 0 aromatic heterocycles. The fourth-order valence-corrected chi connectivity index (χ4v) is 2.55. The molecule has 0 amide bonds. The van der Waals surface area contributed by atoms with Crippen LogP contribution >= 0.6 is 10.7 Å². The first-order valence-electron chi connectivity index (χ1n) is 5.78. The quantitative estimate of drug-likeness (QED) is 0.817. The largest absolute Gasteiger partial charge is 0.489 e. The summed E-state index contributed by atoms with van der Waals surface area (Å²) in [5.74, 6) is -1.15. The number of rotatable bonds is 6. The van der Waals surface area contributed by atoms with E-state index in [0.717, 1.165) is 6.07 Å². The maximum Gasteiger partial charge on any atom is 0.335 e. The van der Waals surface area contributed by atoms with Crippen LogP contribution in [0.1, 0.15) is 37.0 Å². The molecule has 1 aromatic carbocycles. The van der Waals surface area contributed by atoms with E-state index >= 15 is 0 Å². The van der Waals surface area contributed by atoms with Crippen molar-refractivity contribution in [2.75, 3.05) is 0 Å². The zero-order valence-corrected chi connectivity index (χ0v) is 12.2. The number of carbonyl (C=O) groups is 1. The molecule has 0 aliphatic heterocycles. The number of carboxylic acids is 1. The van der Waals surface area contributed by atoms with E-state index in [4.69, 9.17) is 20.5 Å². The molecule has 0 bridgehead atoms.